The monoisotopic (exact) mass is 441 g/mol. The molecule has 0 saturated carbocycles. The number of amides is 1. The number of hydrogen-bond donors (Lipinski definition) is 3. The highest BCUT2D eigenvalue weighted by Crippen LogP contribution is 2.40. The summed E-state index contributed by atoms with van der Waals surface area (Å²) in [6.45, 7) is 4.46. The van der Waals surface area contributed by atoms with Gasteiger partial charge in [0, 0.05) is 17.4 Å². The zero-order valence-corrected chi connectivity index (χ0v) is 18.8. The molecule has 3 N–H and O–H groups in total. The first-order chi connectivity index (χ1) is 14.6. The Bertz CT molecular complexity index is 1160. The van der Waals surface area contributed by atoms with Gasteiger partial charge < -0.3 is 10.3 Å². The number of aryl methyl sites for hydroxylation is 1. The van der Waals surface area contributed by atoms with Gasteiger partial charge in [0.15, 0.2) is 11.5 Å². The summed E-state index contributed by atoms with van der Waals surface area (Å²) in [5, 5.41) is 11.8. The lowest BCUT2D eigenvalue weighted by atomic mass is 9.76. The van der Waals surface area contributed by atoms with Crippen molar-refractivity contribution in [3.8, 4) is 6.07 Å². The van der Waals surface area contributed by atoms with Gasteiger partial charge in [-0.15, -0.1) is 0 Å². The minimum atomic E-state index is -3.31. The molecule has 1 aliphatic rings. The molecular formula is C22H27N5O3S. The Labute approximate surface area is 182 Å². The van der Waals surface area contributed by atoms with Gasteiger partial charge in [0.2, 0.25) is 10.0 Å². The number of rotatable bonds is 7. The van der Waals surface area contributed by atoms with Crippen LogP contribution >= 0.6 is 0 Å². The van der Waals surface area contributed by atoms with E-state index in [0.717, 1.165) is 36.0 Å². The molecule has 2 aromatic rings. The number of nitrogens with one attached hydrogen (secondary N) is 3. The van der Waals surface area contributed by atoms with Crippen LogP contribution in [0.4, 0.5) is 5.69 Å². The molecule has 0 radical (unpaired) electrons. The smallest absolute Gasteiger partial charge is 0.291 e. The number of H-pyrrole nitrogens is 1. The normalized spacial score (nSPS) is 15.7. The third-order valence-electron chi connectivity index (χ3n) is 5.53. The number of nitriles is 1. The molecule has 3 rings (SSSR count). The molecule has 1 aliphatic carbocycles. The summed E-state index contributed by atoms with van der Waals surface area (Å²) in [4.78, 5) is 19.3. The first kappa shape index (κ1) is 22.7. The average molecular weight is 442 g/mol. The number of aromatic amines is 1. The SMILES string of the molecule is CNS(=O)(=O)CCc1ccc(NC(=O)c2nc(C#N)c[nH]2)c(C2=CCC(C)(C)CC2)c1. The van der Waals surface area contributed by atoms with Crippen LogP contribution in [0.25, 0.3) is 5.57 Å². The van der Waals surface area contributed by atoms with Gasteiger partial charge >= 0.3 is 0 Å². The second-order valence-corrected chi connectivity index (χ2v) is 10.5. The van der Waals surface area contributed by atoms with Crippen molar-refractivity contribution in [1.29, 1.82) is 5.26 Å². The van der Waals surface area contributed by atoms with Crippen LogP contribution in [0.1, 0.15) is 60.5 Å². The Morgan fingerprint density at radius 3 is 2.74 bits per heavy atom. The van der Waals surface area contributed by atoms with E-state index in [-0.39, 0.29) is 22.7 Å². The minimum absolute atomic E-state index is 0.00986. The number of carbonyl (C=O) groups is 1. The van der Waals surface area contributed by atoms with Gasteiger partial charge in [0.05, 0.1) is 5.75 Å². The summed E-state index contributed by atoms with van der Waals surface area (Å²) in [5.74, 6) is -0.389. The topological polar surface area (TPSA) is 128 Å². The van der Waals surface area contributed by atoms with Crippen molar-refractivity contribution in [2.24, 2.45) is 5.41 Å². The van der Waals surface area contributed by atoms with E-state index in [9.17, 15) is 13.2 Å². The first-order valence-corrected chi connectivity index (χ1v) is 11.8. The Hall–Kier alpha value is -2.96. The quantitative estimate of drug-likeness (QED) is 0.608. The summed E-state index contributed by atoms with van der Waals surface area (Å²) >= 11 is 0. The largest absolute Gasteiger partial charge is 0.339 e. The third-order valence-corrected chi connectivity index (χ3v) is 6.89. The lowest BCUT2D eigenvalue weighted by molar-refractivity contribution is 0.101. The number of carbonyl (C=O) groups excluding carboxylic acids is 1. The van der Waals surface area contributed by atoms with Gasteiger partial charge in [-0.1, -0.05) is 26.0 Å². The molecule has 1 aromatic carbocycles. The van der Waals surface area contributed by atoms with Crippen LogP contribution in [-0.2, 0) is 16.4 Å². The van der Waals surface area contributed by atoms with Gasteiger partial charge in [0.1, 0.15) is 6.07 Å². The van der Waals surface area contributed by atoms with Gasteiger partial charge in [0.25, 0.3) is 5.91 Å². The molecular weight excluding hydrogens is 414 g/mol. The van der Waals surface area contributed by atoms with Gasteiger partial charge in [-0.2, -0.15) is 5.26 Å². The predicted molar refractivity (Wildman–Crippen MR) is 120 cm³/mol. The number of allylic oxidation sites excluding steroid dienone is 2. The Morgan fingerprint density at radius 1 is 1.35 bits per heavy atom. The fourth-order valence-corrected chi connectivity index (χ4v) is 4.18. The molecule has 0 spiro atoms. The fourth-order valence-electron chi connectivity index (χ4n) is 3.47. The second-order valence-electron chi connectivity index (χ2n) is 8.45. The van der Waals surface area contributed by atoms with Crippen LogP contribution in [0.15, 0.2) is 30.5 Å². The van der Waals surface area contributed by atoms with Gasteiger partial charge in [-0.3, -0.25) is 4.79 Å². The third kappa shape index (κ3) is 5.81. The van der Waals surface area contributed by atoms with Crippen LogP contribution in [-0.4, -0.2) is 37.1 Å². The van der Waals surface area contributed by atoms with Crippen molar-refractivity contribution in [3.05, 3.63) is 53.1 Å². The van der Waals surface area contributed by atoms with E-state index in [1.54, 1.807) is 6.07 Å². The molecule has 8 nitrogen and oxygen atoms in total. The van der Waals surface area contributed by atoms with Crippen molar-refractivity contribution in [2.75, 3.05) is 18.1 Å². The lowest BCUT2D eigenvalue weighted by Gasteiger charge is -2.29. The average Bonchev–Trinajstić information content (AvgIpc) is 3.23. The number of anilines is 1. The summed E-state index contributed by atoms with van der Waals surface area (Å²) < 4.78 is 26.0. The van der Waals surface area contributed by atoms with Crippen molar-refractivity contribution < 1.29 is 13.2 Å². The summed E-state index contributed by atoms with van der Waals surface area (Å²) in [6.07, 6.45) is 6.77. The highest BCUT2D eigenvalue weighted by Gasteiger charge is 2.24. The molecule has 0 saturated heterocycles. The fraction of sp³-hybridized carbons (Fsp3) is 0.409. The number of imidazole rings is 1. The van der Waals surface area contributed by atoms with E-state index in [2.05, 4.69) is 39.9 Å². The van der Waals surface area contributed by atoms with Crippen LogP contribution < -0.4 is 10.0 Å². The minimum Gasteiger partial charge on any atom is -0.339 e. The van der Waals surface area contributed by atoms with Crippen molar-refractivity contribution in [2.45, 2.75) is 39.5 Å². The zero-order chi connectivity index (χ0) is 22.6. The molecule has 0 unspecified atom stereocenters. The molecule has 1 aromatic heterocycles. The molecule has 1 amide bonds. The van der Waals surface area contributed by atoms with Crippen molar-refractivity contribution in [3.63, 3.8) is 0 Å². The highest BCUT2D eigenvalue weighted by molar-refractivity contribution is 7.89. The Kier molecular flexibility index (Phi) is 6.62. The Morgan fingerprint density at radius 2 is 2.13 bits per heavy atom. The zero-order valence-electron chi connectivity index (χ0n) is 17.9. The maximum absolute atomic E-state index is 12.6. The molecule has 0 bridgehead atoms. The maximum atomic E-state index is 12.6. The Balaban J connectivity index is 1.91. The molecule has 9 heteroatoms. The van der Waals surface area contributed by atoms with Crippen LogP contribution in [0, 0.1) is 16.7 Å². The molecule has 0 aliphatic heterocycles. The lowest BCUT2D eigenvalue weighted by Crippen LogP contribution is -2.23. The van der Waals surface area contributed by atoms with E-state index in [1.165, 1.54) is 13.2 Å². The van der Waals surface area contributed by atoms with E-state index in [4.69, 9.17) is 5.26 Å². The second kappa shape index (κ2) is 9.04. The van der Waals surface area contributed by atoms with Crippen LogP contribution in [0.3, 0.4) is 0 Å². The highest BCUT2D eigenvalue weighted by atomic mass is 32.2. The van der Waals surface area contributed by atoms with E-state index in [0.29, 0.717) is 12.1 Å². The van der Waals surface area contributed by atoms with Gasteiger partial charge in [-0.05, 0) is 61.4 Å². The van der Waals surface area contributed by atoms with E-state index >= 15 is 0 Å². The standard InChI is InChI=1S/C22H27N5O3S/c1-22(2)9-6-16(7-10-22)18-12-15(8-11-31(29,30)24-3)4-5-19(18)27-21(28)20-25-14-17(13-23)26-20/h4-6,12,14,24H,7-11H2,1-3H3,(H,25,26)(H,27,28). The number of sulfonamides is 1. The molecule has 164 valence electrons. The van der Waals surface area contributed by atoms with Crippen LogP contribution in [0.5, 0.6) is 0 Å². The number of nitrogens with zero attached hydrogens (tertiary/aromatic N) is 2. The predicted octanol–water partition coefficient (Wildman–Crippen LogP) is 3.22. The van der Waals surface area contributed by atoms with Crippen molar-refractivity contribution >= 4 is 27.2 Å². The number of benzene rings is 1. The maximum Gasteiger partial charge on any atom is 0.291 e. The van der Waals surface area contributed by atoms with Gasteiger partial charge in [-0.25, -0.2) is 18.1 Å². The van der Waals surface area contributed by atoms with E-state index < -0.39 is 15.9 Å². The van der Waals surface area contributed by atoms with Crippen molar-refractivity contribution in [1.82, 2.24) is 14.7 Å². The van der Waals surface area contributed by atoms with Crippen LogP contribution in [0.2, 0.25) is 0 Å². The number of hydrogen-bond acceptors (Lipinski definition) is 5. The summed E-state index contributed by atoms with van der Waals surface area (Å²) in [6, 6.07) is 7.46. The summed E-state index contributed by atoms with van der Waals surface area (Å²) in [5.41, 5.74) is 3.89. The molecule has 1 heterocycles. The molecule has 31 heavy (non-hydrogen) atoms. The molecule has 0 atom stereocenters. The molecule has 0 fully saturated rings. The van der Waals surface area contributed by atoms with E-state index in [1.807, 2.05) is 18.2 Å². The summed E-state index contributed by atoms with van der Waals surface area (Å²) in [7, 11) is -1.91. The first-order valence-electron chi connectivity index (χ1n) is 10.1. The number of aromatic nitrogens is 2.